The molecule has 0 saturated heterocycles. The summed E-state index contributed by atoms with van der Waals surface area (Å²) in [6.07, 6.45) is 8.60. The van der Waals surface area contributed by atoms with Crippen molar-refractivity contribution in [2.24, 2.45) is 0 Å². The molecule has 0 aliphatic heterocycles. The van der Waals surface area contributed by atoms with Gasteiger partial charge in [0.15, 0.2) is 5.71 Å². The van der Waals surface area contributed by atoms with Crippen molar-refractivity contribution in [3.05, 3.63) is 93.5 Å². The van der Waals surface area contributed by atoms with Gasteiger partial charge in [-0.2, -0.15) is 0 Å². The Labute approximate surface area is 184 Å². The van der Waals surface area contributed by atoms with Gasteiger partial charge in [-0.25, -0.2) is 4.58 Å². The molecule has 3 rings (SSSR count). The highest BCUT2D eigenvalue weighted by Crippen LogP contribution is 2.36. The maximum atomic E-state index is 6.60. The van der Waals surface area contributed by atoms with Crippen LogP contribution < -0.4 is 4.90 Å². The molecule has 0 saturated carbocycles. The lowest BCUT2D eigenvalue weighted by atomic mass is 9.90. The Kier molecular flexibility index (Phi) is 7.00. The molecule has 150 valence electrons. The summed E-state index contributed by atoms with van der Waals surface area (Å²) in [4.78, 5) is 2.21. The van der Waals surface area contributed by atoms with E-state index < -0.39 is 0 Å². The van der Waals surface area contributed by atoms with E-state index in [1.807, 2.05) is 18.2 Å². The second kappa shape index (κ2) is 9.47. The van der Waals surface area contributed by atoms with Crippen LogP contribution in [0.15, 0.2) is 72.3 Å². The van der Waals surface area contributed by atoms with Gasteiger partial charge in [-0.1, -0.05) is 35.3 Å². The summed E-state index contributed by atoms with van der Waals surface area (Å²) in [7, 11) is 4.19. The van der Waals surface area contributed by atoms with Crippen molar-refractivity contribution in [1.82, 2.24) is 0 Å². The average Bonchev–Trinajstić information content (AvgIpc) is 2.76. The molecular weight excluding hydrogens is 399 g/mol. The fraction of sp³-hybridized carbons (Fsp3) is 0.240. The molecule has 29 heavy (non-hydrogen) atoms. The Morgan fingerprint density at radius 3 is 2.17 bits per heavy atom. The number of halogens is 2. The molecule has 1 aliphatic carbocycles. The maximum Gasteiger partial charge on any atom is 0.199 e. The van der Waals surface area contributed by atoms with Crippen LogP contribution in [0.25, 0.3) is 5.57 Å². The van der Waals surface area contributed by atoms with E-state index in [1.165, 1.54) is 11.4 Å². The van der Waals surface area contributed by atoms with Crippen LogP contribution >= 0.6 is 23.2 Å². The molecule has 2 aromatic carbocycles. The first-order valence-electron chi connectivity index (χ1n) is 9.90. The Bertz CT molecular complexity index is 994. The molecular formula is C25H27Cl2N2+. The molecule has 0 amide bonds. The molecule has 0 radical (unpaired) electrons. The highest BCUT2D eigenvalue weighted by Gasteiger charge is 2.16. The lowest BCUT2D eigenvalue weighted by Gasteiger charge is -2.19. The van der Waals surface area contributed by atoms with Crippen LogP contribution in [0, 0.1) is 0 Å². The van der Waals surface area contributed by atoms with Crippen molar-refractivity contribution in [1.29, 1.82) is 0 Å². The van der Waals surface area contributed by atoms with Crippen LogP contribution in [0.4, 0.5) is 5.69 Å². The summed E-state index contributed by atoms with van der Waals surface area (Å²) >= 11 is 12.9. The van der Waals surface area contributed by atoms with E-state index in [-0.39, 0.29) is 0 Å². The van der Waals surface area contributed by atoms with Crippen LogP contribution in [0.2, 0.25) is 10.0 Å². The number of benzene rings is 2. The van der Waals surface area contributed by atoms with Gasteiger partial charge < -0.3 is 4.90 Å². The van der Waals surface area contributed by atoms with Crippen LogP contribution in [0.5, 0.6) is 0 Å². The van der Waals surface area contributed by atoms with Gasteiger partial charge in [0, 0.05) is 47.0 Å². The Morgan fingerprint density at radius 1 is 0.931 bits per heavy atom. The van der Waals surface area contributed by atoms with E-state index in [4.69, 9.17) is 23.2 Å². The molecule has 1 aliphatic rings. The van der Waals surface area contributed by atoms with Crippen LogP contribution in [-0.4, -0.2) is 37.5 Å². The van der Waals surface area contributed by atoms with Gasteiger partial charge in [-0.3, -0.25) is 0 Å². The van der Waals surface area contributed by atoms with Crippen molar-refractivity contribution < 1.29 is 4.58 Å². The molecule has 0 atom stereocenters. The largest absolute Gasteiger partial charge is 0.375 e. The second-order valence-electron chi connectivity index (χ2n) is 7.12. The molecule has 4 heteroatoms. The Hall–Kier alpha value is -2.29. The van der Waals surface area contributed by atoms with E-state index >= 15 is 0 Å². The third kappa shape index (κ3) is 4.83. The van der Waals surface area contributed by atoms with Crippen LogP contribution in [0.3, 0.4) is 0 Å². The molecule has 0 heterocycles. The summed E-state index contributed by atoms with van der Waals surface area (Å²) in [5.74, 6) is 0. The Balaban J connectivity index is 2.17. The number of nitrogens with zero attached hydrogens (tertiary/aromatic N) is 2. The molecule has 0 spiro atoms. The van der Waals surface area contributed by atoms with Crippen molar-refractivity contribution >= 4 is 40.2 Å². The standard InChI is InChI=1S/C25H27Cl2N2/c1-5-28(3)21-12-7-18(8-13-21)25(23-17-20(26)11-16-24(23)27)19-9-14-22(15-10-19)29(4)6-2/h7-17H,5-6H2,1-4H3/q+1. The van der Waals surface area contributed by atoms with Crippen molar-refractivity contribution in [3.8, 4) is 0 Å². The van der Waals surface area contributed by atoms with E-state index in [1.54, 1.807) is 0 Å². The van der Waals surface area contributed by atoms with E-state index in [2.05, 4.69) is 86.0 Å². The van der Waals surface area contributed by atoms with Gasteiger partial charge in [0.2, 0.25) is 0 Å². The highest BCUT2D eigenvalue weighted by atomic mass is 35.5. The first kappa shape index (κ1) is 21.4. The first-order chi connectivity index (χ1) is 13.9. The van der Waals surface area contributed by atoms with E-state index in [0.29, 0.717) is 10.0 Å². The highest BCUT2D eigenvalue weighted by molar-refractivity contribution is 6.34. The summed E-state index contributed by atoms with van der Waals surface area (Å²) in [5, 5.41) is 1.36. The normalized spacial score (nSPS) is 13.0. The SMILES string of the molecule is CCN(C)c1ccc(C(=C2C=CC(=[N+](C)CC)C=C2)c2cc(Cl)ccc2Cl)cc1. The molecule has 0 bridgehead atoms. The van der Waals surface area contributed by atoms with E-state index in [0.717, 1.165) is 35.4 Å². The summed E-state index contributed by atoms with van der Waals surface area (Å²) in [6.45, 7) is 6.21. The second-order valence-corrected chi connectivity index (χ2v) is 7.96. The molecule has 2 aromatic rings. The zero-order chi connectivity index (χ0) is 21.0. The monoisotopic (exact) mass is 425 g/mol. The molecule has 0 aromatic heterocycles. The third-order valence-electron chi connectivity index (χ3n) is 5.34. The van der Waals surface area contributed by atoms with Crippen molar-refractivity contribution in [3.63, 3.8) is 0 Å². The number of hydrogen-bond acceptors (Lipinski definition) is 1. The third-order valence-corrected chi connectivity index (χ3v) is 5.90. The number of allylic oxidation sites excluding steroid dienone is 5. The zero-order valence-electron chi connectivity index (χ0n) is 17.4. The van der Waals surface area contributed by atoms with Gasteiger partial charge in [0.1, 0.15) is 13.6 Å². The van der Waals surface area contributed by atoms with E-state index in [9.17, 15) is 0 Å². The average molecular weight is 426 g/mol. The van der Waals surface area contributed by atoms with Crippen molar-refractivity contribution in [2.45, 2.75) is 13.8 Å². The number of hydrogen-bond donors (Lipinski definition) is 0. The lowest BCUT2D eigenvalue weighted by Crippen LogP contribution is -2.15. The first-order valence-corrected chi connectivity index (χ1v) is 10.7. The fourth-order valence-corrected chi connectivity index (χ4v) is 3.68. The van der Waals surface area contributed by atoms with Gasteiger partial charge in [-0.05, 0) is 73.0 Å². The molecule has 2 nitrogen and oxygen atoms in total. The van der Waals surface area contributed by atoms with Crippen LogP contribution in [-0.2, 0) is 0 Å². The zero-order valence-corrected chi connectivity index (χ0v) is 18.9. The molecule has 0 unspecified atom stereocenters. The van der Waals surface area contributed by atoms with Gasteiger partial charge in [0.25, 0.3) is 0 Å². The summed E-state index contributed by atoms with van der Waals surface area (Å²) in [6, 6.07) is 14.2. The summed E-state index contributed by atoms with van der Waals surface area (Å²) < 4.78 is 2.21. The predicted molar refractivity (Wildman–Crippen MR) is 128 cm³/mol. The topological polar surface area (TPSA) is 6.25 Å². The molecule has 0 N–H and O–H groups in total. The minimum atomic E-state index is 0.673. The smallest absolute Gasteiger partial charge is 0.199 e. The quantitative estimate of drug-likeness (QED) is 0.496. The number of rotatable bonds is 5. The van der Waals surface area contributed by atoms with Crippen LogP contribution in [0.1, 0.15) is 25.0 Å². The van der Waals surface area contributed by atoms with Gasteiger partial charge >= 0.3 is 0 Å². The maximum absolute atomic E-state index is 6.60. The minimum Gasteiger partial charge on any atom is -0.375 e. The van der Waals surface area contributed by atoms with Crippen molar-refractivity contribution in [2.75, 3.05) is 32.1 Å². The lowest BCUT2D eigenvalue weighted by molar-refractivity contribution is -0.491. The minimum absolute atomic E-state index is 0.673. The van der Waals surface area contributed by atoms with Gasteiger partial charge in [-0.15, -0.1) is 0 Å². The van der Waals surface area contributed by atoms with Gasteiger partial charge in [0.05, 0.1) is 0 Å². The Morgan fingerprint density at radius 2 is 1.59 bits per heavy atom. The summed E-state index contributed by atoms with van der Waals surface area (Å²) in [5.41, 5.74) is 6.61. The molecule has 0 fully saturated rings. The fourth-order valence-electron chi connectivity index (χ4n) is 3.30. The number of anilines is 1. The predicted octanol–water partition coefficient (Wildman–Crippen LogP) is 6.48.